The Kier molecular flexibility index (Phi) is 4.27. The summed E-state index contributed by atoms with van der Waals surface area (Å²) in [5.41, 5.74) is -0.225. The van der Waals surface area contributed by atoms with E-state index in [0.717, 1.165) is 12.1 Å². The van der Waals surface area contributed by atoms with Gasteiger partial charge in [0.25, 0.3) is 0 Å². The van der Waals surface area contributed by atoms with Crippen molar-refractivity contribution in [2.24, 2.45) is 5.92 Å². The summed E-state index contributed by atoms with van der Waals surface area (Å²) in [4.78, 5) is 11.8. The van der Waals surface area contributed by atoms with Crippen LogP contribution in [-0.4, -0.2) is 25.8 Å². The lowest BCUT2D eigenvalue weighted by Crippen LogP contribution is -2.30. The van der Waals surface area contributed by atoms with Crippen LogP contribution in [0, 0.1) is 5.92 Å². The molecular weight excluding hydrogens is 307 g/mol. The fraction of sp³-hybridized carbons (Fsp3) is 0.462. The van der Waals surface area contributed by atoms with E-state index in [4.69, 9.17) is 0 Å². The molecule has 8 heteroatoms. The molecule has 1 heterocycles. The summed E-state index contributed by atoms with van der Waals surface area (Å²) < 4.78 is 59.7. The molecule has 21 heavy (non-hydrogen) atoms. The Morgan fingerprint density at radius 2 is 1.86 bits per heavy atom. The zero-order valence-electron chi connectivity index (χ0n) is 11.0. The van der Waals surface area contributed by atoms with Gasteiger partial charge in [0.1, 0.15) is 0 Å². The highest BCUT2D eigenvalue weighted by atomic mass is 32.2. The quantitative estimate of drug-likeness (QED) is 0.923. The molecule has 1 fully saturated rings. The highest BCUT2D eigenvalue weighted by Gasteiger charge is 2.33. The second-order valence-corrected chi connectivity index (χ2v) is 7.24. The van der Waals surface area contributed by atoms with Crippen LogP contribution in [0.2, 0.25) is 0 Å². The minimum Gasteiger partial charge on any atom is -0.352 e. The van der Waals surface area contributed by atoms with Crippen LogP contribution in [0.1, 0.15) is 17.5 Å². The van der Waals surface area contributed by atoms with Crippen LogP contribution in [0.3, 0.4) is 0 Å². The molecule has 0 saturated carbocycles. The van der Waals surface area contributed by atoms with E-state index in [9.17, 15) is 26.4 Å². The van der Waals surface area contributed by atoms with Crippen LogP contribution in [0.5, 0.6) is 0 Å². The summed E-state index contributed by atoms with van der Waals surface area (Å²) in [6.07, 6.45) is -4.10. The van der Waals surface area contributed by atoms with Crippen LogP contribution in [0.25, 0.3) is 0 Å². The standard InChI is InChI=1S/C13H14F3NO3S/c14-13(15,16)11-3-1-9(2-4-11)7-17-12(18)10-5-6-21(19,20)8-10/h1-4,10H,5-8H2,(H,17,18). The average Bonchev–Trinajstić information content (AvgIpc) is 2.76. The first-order valence-electron chi connectivity index (χ1n) is 6.32. The Labute approximate surface area is 120 Å². The molecule has 1 saturated heterocycles. The lowest BCUT2D eigenvalue weighted by Gasteiger charge is -2.10. The fourth-order valence-electron chi connectivity index (χ4n) is 2.15. The molecule has 1 unspecified atom stereocenters. The number of hydrogen-bond donors (Lipinski definition) is 1. The molecule has 0 aliphatic carbocycles. The maximum Gasteiger partial charge on any atom is 0.416 e. The molecule has 4 nitrogen and oxygen atoms in total. The van der Waals surface area contributed by atoms with Crippen LogP contribution in [0.4, 0.5) is 13.2 Å². The summed E-state index contributed by atoms with van der Waals surface area (Å²) in [6, 6.07) is 4.46. The summed E-state index contributed by atoms with van der Waals surface area (Å²) in [7, 11) is -3.13. The van der Waals surface area contributed by atoms with Crippen molar-refractivity contribution in [2.45, 2.75) is 19.1 Å². The van der Waals surface area contributed by atoms with E-state index in [-0.39, 0.29) is 24.0 Å². The molecule has 0 aromatic heterocycles. The van der Waals surface area contributed by atoms with Crippen LogP contribution in [-0.2, 0) is 27.4 Å². The Morgan fingerprint density at radius 3 is 2.33 bits per heavy atom. The molecular formula is C13H14F3NO3S. The maximum atomic E-state index is 12.4. The molecule has 1 aliphatic heterocycles. The number of halogens is 3. The van der Waals surface area contributed by atoms with Crippen molar-refractivity contribution in [3.05, 3.63) is 35.4 Å². The highest BCUT2D eigenvalue weighted by molar-refractivity contribution is 7.91. The third-order valence-corrected chi connectivity index (χ3v) is 5.12. The van der Waals surface area contributed by atoms with E-state index in [1.54, 1.807) is 0 Å². The Morgan fingerprint density at radius 1 is 1.24 bits per heavy atom. The minimum absolute atomic E-state index is 0.00532. The van der Waals surface area contributed by atoms with Gasteiger partial charge in [-0.2, -0.15) is 13.2 Å². The molecule has 0 radical (unpaired) electrons. The van der Waals surface area contributed by atoms with E-state index in [0.29, 0.717) is 12.0 Å². The smallest absolute Gasteiger partial charge is 0.352 e. The first-order chi connectivity index (χ1) is 9.67. The van der Waals surface area contributed by atoms with Crippen LogP contribution in [0.15, 0.2) is 24.3 Å². The third-order valence-electron chi connectivity index (χ3n) is 3.35. The Hall–Kier alpha value is -1.57. The topological polar surface area (TPSA) is 63.2 Å². The monoisotopic (exact) mass is 321 g/mol. The predicted molar refractivity (Wildman–Crippen MR) is 70.1 cm³/mol. The van der Waals surface area contributed by atoms with Crippen LogP contribution < -0.4 is 5.32 Å². The molecule has 1 aliphatic rings. The van der Waals surface area contributed by atoms with E-state index in [1.165, 1.54) is 12.1 Å². The zero-order chi connectivity index (χ0) is 15.7. The molecule has 1 aromatic carbocycles. The number of carbonyl (C=O) groups excluding carboxylic acids is 1. The van der Waals surface area contributed by atoms with Gasteiger partial charge in [-0.1, -0.05) is 12.1 Å². The molecule has 1 atom stereocenters. The molecule has 2 rings (SSSR count). The van der Waals surface area contributed by atoms with Crippen molar-refractivity contribution in [2.75, 3.05) is 11.5 Å². The maximum absolute atomic E-state index is 12.4. The summed E-state index contributed by atoms with van der Waals surface area (Å²) in [5, 5.41) is 2.55. The van der Waals surface area contributed by atoms with Crippen molar-refractivity contribution >= 4 is 15.7 Å². The van der Waals surface area contributed by atoms with Gasteiger partial charge in [0.15, 0.2) is 9.84 Å². The predicted octanol–water partition coefficient (Wildman–Crippen LogP) is 1.76. The van der Waals surface area contributed by atoms with E-state index in [2.05, 4.69) is 5.32 Å². The fourth-order valence-corrected chi connectivity index (χ4v) is 3.89. The van der Waals surface area contributed by atoms with E-state index >= 15 is 0 Å². The normalized spacial score (nSPS) is 21.2. The van der Waals surface area contributed by atoms with Gasteiger partial charge >= 0.3 is 6.18 Å². The summed E-state index contributed by atoms with van der Waals surface area (Å²) in [5.74, 6) is -1.10. The van der Waals surface area contributed by atoms with Crippen molar-refractivity contribution in [3.8, 4) is 0 Å². The SMILES string of the molecule is O=C(NCc1ccc(C(F)(F)F)cc1)C1CCS(=O)(=O)C1. The number of amides is 1. The summed E-state index contributed by atoms with van der Waals surface area (Å²) >= 11 is 0. The molecule has 1 amide bonds. The third kappa shape index (κ3) is 4.20. The summed E-state index contributed by atoms with van der Waals surface area (Å²) in [6.45, 7) is 0.0769. The Bertz CT molecular complexity index is 623. The van der Waals surface area contributed by atoms with Crippen LogP contribution >= 0.6 is 0 Å². The molecule has 1 N–H and O–H groups in total. The zero-order valence-corrected chi connectivity index (χ0v) is 11.8. The van der Waals surface area contributed by atoms with Gasteiger partial charge in [0, 0.05) is 6.54 Å². The van der Waals surface area contributed by atoms with Gasteiger partial charge in [-0.3, -0.25) is 4.79 Å². The van der Waals surface area contributed by atoms with Gasteiger partial charge < -0.3 is 5.32 Å². The number of carbonyl (C=O) groups is 1. The van der Waals surface area contributed by atoms with Crippen molar-refractivity contribution in [1.29, 1.82) is 0 Å². The number of hydrogen-bond acceptors (Lipinski definition) is 3. The van der Waals surface area contributed by atoms with Gasteiger partial charge in [0.2, 0.25) is 5.91 Å². The first kappa shape index (κ1) is 15.8. The van der Waals surface area contributed by atoms with E-state index in [1.807, 2.05) is 0 Å². The lowest BCUT2D eigenvalue weighted by atomic mass is 10.1. The second-order valence-electron chi connectivity index (χ2n) is 5.01. The number of alkyl halides is 3. The van der Waals surface area contributed by atoms with Crippen molar-refractivity contribution in [3.63, 3.8) is 0 Å². The number of rotatable bonds is 3. The van der Waals surface area contributed by atoms with Gasteiger partial charge in [-0.25, -0.2) is 8.42 Å². The first-order valence-corrected chi connectivity index (χ1v) is 8.14. The largest absolute Gasteiger partial charge is 0.416 e. The van der Waals surface area contributed by atoms with Crippen molar-refractivity contribution < 1.29 is 26.4 Å². The molecule has 116 valence electrons. The average molecular weight is 321 g/mol. The molecule has 1 aromatic rings. The van der Waals surface area contributed by atoms with Crippen molar-refractivity contribution in [1.82, 2.24) is 5.32 Å². The Balaban J connectivity index is 1.90. The lowest BCUT2D eigenvalue weighted by molar-refractivity contribution is -0.137. The minimum atomic E-state index is -4.39. The second kappa shape index (κ2) is 5.67. The number of nitrogens with one attached hydrogen (secondary N) is 1. The van der Waals surface area contributed by atoms with Gasteiger partial charge in [-0.05, 0) is 24.1 Å². The molecule has 0 spiro atoms. The van der Waals surface area contributed by atoms with Gasteiger partial charge in [0.05, 0.1) is 23.0 Å². The number of sulfone groups is 1. The number of benzene rings is 1. The van der Waals surface area contributed by atoms with E-state index < -0.39 is 27.5 Å². The van der Waals surface area contributed by atoms with Gasteiger partial charge in [-0.15, -0.1) is 0 Å². The highest BCUT2D eigenvalue weighted by Crippen LogP contribution is 2.29. The molecule has 0 bridgehead atoms.